The normalized spacial score (nSPS) is 13.9. The average molecular weight is 553 g/mol. The second-order valence-corrected chi connectivity index (χ2v) is 9.10. The van der Waals surface area contributed by atoms with Crippen molar-refractivity contribution in [1.29, 1.82) is 0 Å². The fourth-order valence-corrected chi connectivity index (χ4v) is 3.65. The molecule has 0 spiro atoms. The van der Waals surface area contributed by atoms with Gasteiger partial charge in [0, 0.05) is 18.7 Å². The first kappa shape index (κ1) is 32.7. The number of unbranched alkanes of at least 4 members (excludes halogenated alkanes) is 1. The van der Waals surface area contributed by atoms with E-state index in [1.165, 1.54) is 0 Å². The summed E-state index contributed by atoms with van der Waals surface area (Å²) in [6.45, 7) is 0.613. The van der Waals surface area contributed by atoms with Crippen LogP contribution in [0.4, 0.5) is 0 Å². The summed E-state index contributed by atoms with van der Waals surface area (Å²) in [4.78, 5) is 54.4. The highest BCUT2D eigenvalue weighted by atomic mass is 32.1. The van der Waals surface area contributed by atoms with E-state index in [1.54, 1.807) is 24.3 Å². The van der Waals surface area contributed by atoms with Crippen molar-refractivity contribution in [3.8, 4) is 0 Å². The molecule has 3 amide bonds. The monoisotopic (exact) mass is 552 g/mol. The summed E-state index contributed by atoms with van der Waals surface area (Å²) in [5.41, 5.74) is 22.6. The van der Waals surface area contributed by atoms with Crippen LogP contribution >= 0.6 is 12.6 Å². The molecular weight excluding hydrogens is 512 g/mol. The van der Waals surface area contributed by atoms with E-state index >= 15 is 0 Å². The van der Waals surface area contributed by atoms with Crippen molar-refractivity contribution in [2.45, 2.75) is 62.7 Å². The van der Waals surface area contributed by atoms with E-state index in [0.29, 0.717) is 25.8 Å². The maximum Gasteiger partial charge on any atom is 0.326 e. The Morgan fingerprint density at radius 3 is 2.03 bits per heavy atom. The molecular formula is C24H40N8O5S. The van der Waals surface area contributed by atoms with E-state index in [0.717, 1.165) is 5.56 Å². The zero-order valence-electron chi connectivity index (χ0n) is 21.3. The molecule has 0 fully saturated rings. The number of nitrogens with zero attached hydrogens (tertiary/aromatic N) is 1. The number of aliphatic carboxylic acids is 1. The van der Waals surface area contributed by atoms with Gasteiger partial charge in [0.2, 0.25) is 17.7 Å². The number of guanidine groups is 1. The van der Waals surface area contributed by atoms with Crippen LogP contribution in [0.25, 0.3) is 0 Å². The first-order valence-electron chi connectivity index (χ1n) is 12.4. The van der Waals surface area contributed by atoms with Crippen LogP contribution in [0.15, 0.2) is 35.3 Å². The molecule has 0 radical (unpaired) electrons. The molecule has 0 saturated carbocycles. The first-order valence-corrected chi connectivity index (χ1v) is 13.0. The SMILES string of the molecule is NCCCCC(NC(=O)C(N)CS)C(=O)NC(Cc1ccccc1)C(=O)NC(CCCN=C(N)N)C(=O)O. The molecule has 0 saturated heterocycles. The molecule has 12 N–H and O–H groups in total. The van der Waals surface area contributed by atoms with Crippen molar-refractivity contribution in [3.05, 3.63) is 35.9 Å². The summed E-state index contributed by atoms with van der Waals surface area (Å²) in [5, 5.41) is 17.4. The number of benzene rings is 1. The molecule has 0 heterocycles. The van der Waals surface area contributed by atoms with Gasteiger partial charge in [0.05, 0.1) is 6.04 Å². The van der Waals surface area contributed by atoms with Gasteiger partial charge < -0.3 is 44.0 Å². The van der Waals surface area contributed by atoms with E-state index in [1.807, 2.05) is 6.07 Å². The quantitative estimate of drug-likeness (QED) is 0.0431. The van der Waals surface area contributed by atoms with Gasteiger partial charge >= 0.3 is 5.97 Å². The highest BCUT2D eigenvalue weighted by molar-refractivity contribution is 7.80. The maximum atomic E-state index is 13.2. The minimum atomic E-state index is -1.24. The van der Waals surface area contributed by atoms with Crippen LogP contribution in [-0.2, 0) is 25.6 Å². The molecule has 4 atom stereocenters. The van der Waals surface area contributed by atoms with Crippen molar-refractivity contribution in [3.63, 3.8) is 0 Å². The van der Waals surface area contributed by atoms with Crippen LogP contribution in [0.1, 0.15) is 37.7 Å². The molecule has 212 valence electrons. The lowest BCUT2D eigenvalue weighted by atomic mass is 10.0. The van der Waals surface area contributed by atoms with Gasteiger partial charge in [-0.3, -0.25) is 19.4 Å². The van der Waals surface area contributed by atoms with Crippen LogP contribution < -0.4 is 38.9 Å². The van der Waals surface area contributed by atoms with Crippen molar-refractivity contribution >= 4 is 42.3 Å². The molecule has 13 nitrogen and oxygen atoms in total. The molecule has 14 heteroatoms. The van der Waals surface area contributed by atoms with Gasteiger partial charge in [0.15, 0.2) is 5.96 Å². The number of amides is 3. The minimum absolute atomic E-state index is 0.0727. The molecule has 38 heavy (non-hydrogen) atoms. The van der Waals surface area contributed by atoms with Gasteiger partial charge in [-0.2, -0.15) is 12.6 Å². The van der Waals surface area contributed by atoms with Crippen LogP contribution in [0.5, 0.6) is 0 Å². The molecule has 4 unspecified atom stereocenters. The van der Waals surface area contributed by atoms with Gasteiger partial charge in [0.25, 0.3) is 0 Å². The number of nitrogens with two attached hydrogens (primary N) is 4. The maximum absolute atomic E-state index is 13.2. The van der Waals surface area contributed by atoms with Crippen LogP contribution in [0, 0.1) is 0 Å². The number of carbonyl (C=O) groups is 4. The van der Waals surface area contributed by atoms with Crippen molar-refractivity contribution in [1.82, 2.24) is 16.0 Å². The molecule has 0 aliphatic heterocycles. The third-order valence-corrected chi connectivity index (χ3v) is 5.98. The predicted molar refractivity (Wildman–Crippen MR) is 148 cm³/mol. The molecule has 1 rings (SSSR count). The fourth-order valence-electron chi connectivity index (χ4n) is 3.49. The molecule has 1 aromatic carbocycles. The number of nitrogens with one attached hydrogen (secondary N) is 3. The Hall–Kier alpha value is -3.36. The summed E-state index contributed by atoms with van der Waals surface area (Å²) < 4.78 is 0. The van der Waals surface area contributed by atoms with Crippen molar-refractivity contribution in [2.75, 3.05) is 18.8 Å². The molecule has 0 bridgehead atoms. The standard InChI is InChI=1S/C24H40N8O5S/c25-11-5-4-9-17(30-20(33)16(26)14-38)21(34)32-19(13-15-7-2-1-3-8-15)22(35)31-18(23(36)37)10-6-12-29-24(27)28/h1-3,7-8,16-19,38H,4-6,9-14,25-26H2,(H,30,33)(H,31,35)(H,32,34)(H,36,37)(H4,27,28,29). The number of hydrogen-bond acceptors (Lipinski definition) is 8. The lowest BCUT2D eigenvalue weighted by Crippen LogP contribution is -2.57. The molecule has 0 aromatic heterocycles. The number of carbonyl (C=O) groups excluding carboxylic acids is 3. The van der Waals surface area contributed by atoms with Gasteiger partial charge in [0.1, 0.15) is 18.1 Å². The highest BCUT2D eigenvalue weighted by Gasteiger charge is 2.30. The Morgan fingerprint density at radius 1 is 0.868 bits per heavy atom. The Kier molecular flexibility index (Phi) is 15.5. The van der Waals surface area contributed by atoms with Gasteiger partial charge in [-0.25, -0.2) is 4.79 Å². The second kappa shape index (κ2) is 18.0. The number of carboxylic acids is 1. The van der Waals surface area contributed by atoms with E-state index in [-0.39, 0.29) is 37.5 Å². The van der Waals surface area contributed by atoms with Crippen molar-refractivity contribution in [2.24, 2.45) is 27.9 Å². The molecule has 1 aromatic rings. The zero-order chi connectivity index (χ0) is 28.5. The minimum Gasteiger partial charge on any atom is -0.480 e. The summed E-state index contributed by atoms with van der Waals surface area (Å²) in [6.07, 6.45) is 1.94. The van der Waals surface area contributed by atoms with Gasteiger partial charge in [-0.05, 0) is 44.2 Å². The highest BCUT2D eigenvalue weighted by Crippen LogP contribution is 2.08. The van der Waals surface area contributed by atoms with E-state index < -0.39 is 47.9 Å². The fraction of sp³-hybridized carbons (Fsp3) is 0.542. The van der Waals surface area contributed by atoms with Crippen molar-refractivity contribution < 1.29 is 24.3 Å². The number of carboxylic acid groups (broad SMARTS) is 1. The van der Waals surface area contributed by atoms with E-state index in [2.05, 4.69) is 33.6 Å². The topological polar surface area (TPSA) is 241 Å². The average Bonchev–Trinajstić information content (AvgIpc) is 2.88. The summed E-state index contributed by atoms with van der Waals surface area (Å²) in [6, 6.07) is 4.71. The summed E-state index contributed by atoms with van der Waals surface area (Å²) >= 11 is 4.02. The predicted octanol–water partition coefficient (Wildman–Crippen LogP) is -1.79. The molecule has 0 aliphatic rings. The number of hydrogen-bond donors (Lipinski definition) is 9. The third-order valence-electron chi connectivity index (χ3n) is 5.59. The Bertz CT molecular complexity index is 930. The Balaban J connectivity index is 3.07. The summed E-state index contributed by atoms with van der Waals surface area (Å²) in [7, 11) is 0. The number of aliphatic imine (C=N–C) groups is 1. The van der Waals surface area contributed by atoms with Crippen LogP contribution in [-0.4, -0.2) is 77.8 Å². The third kappa shape index (κ3) is 12.7. The van der Waals surface area contributed by atoms with Gasteiger partial charge in [-0.15, -0.1) is 0 Å². The Labute approximate surface area is 228 Å². The number of thiol groups is 1. The molecule has 0 aliphatic carbocycles. The van der Waals surface area contributed by atoms with Crippen LogP contribution in [0.2, 0.25) is 0 Å². The van der Waals surface area contributed by atoms with Gasteiger partial charge in [-0.1, -0.05) is 30.3 Å². The zero-order valence-corrected chi connectivity index (χ0v) is 22.2. The lowest BCUT2D eigenvalue weighted by Gasteiger charge is -2.25. The van der Waals surface area contributed by atoms with E-state index in [4.69, 9.17) is 22.9 Å². The summed E-state index contributed by atoms with van der Waals surface area (Å²) in [5.74, 6) is -3.10. The smallest absolute Gasteiger partial charge is 0.326 e. The Morgan fingerprint density at radius 2 is 1.45 bits per heavy atom. The number of rotatable bonds is 18. The first-order chi connectivity index (χ1) is 18.1. The lowest BCUT2D eigenvalue weighted by molar-refractivity contribution is -0.142. The largest absolute Gasteiger partial charge is 0.480 e. The second-order valence-electron chi connectivity index (χ2n) is 8.73. The van der Waals surface area contributed by atoms with E-state index in [9.17, 15) is 24.3 Å². The van der Waals surface area contributed by atoms with Crippen LogP contribution in [0.3, 0.4) is 0 Å².